The Morgan fingerprint density at radius 3 is 1.31 bits per heavy atom. The standard InChI is InChI=1S/C51H54N3O8P.C50H53N4O8P/c1-35(2)54(36(3)4)63(60-28-27-52-5)61-34-37(29-42(55)32-53-47-16-12-11-15-45(47)46-30-38-17-26-50(56)62-49(38)31-48(46)53)33-59-51(39-13-9-8-10-14-39,40-18-22-43(57-6)23-19-40)41-20-24-44(58-7)25-21-41;1-33(2)54(34(3)4)63(59-29-13-28-51)62-35(5)49(52-47(55)32-53-44-17-12-11-16-42(44)43-30-36-18-27-48(56)60-46(36)31-45(43)53)61-50(37-14-9-8-10-15-37,38-19-23-40(57-6)24-20-38)39-21-25-41(58-7)26-22-39/h8-26,30-31,35-37H,27-29,32-34H2,1-4,6-7H3;8-12,14-27,30-31,33-35,49H,13,29,32H2,1-7H3,(H,52,55)/t37-,63?;35-,49-,63?/m01/s1. The summed E-state index contributed by atoms with van der Waals surface area (Å²) in [6, 6.07) is 83.2. The molecule has 23 nitrogen and oxygen atoms in total. The molecule has 0 fully saturated rings. The molecular weight excluding hydrogens is 1630 g/mol. The predicted molar refractivity (Wildman–Crippen MR) is 496 cm³/mol. The lowest BCUT2D eigenvalue weighted by atomic mass is 9.79. The highest BCUT2D eigenvalue weighted by Crippen LogP contribution is 2.51. The van der Waals surface area contributed by atoms with E-state index in [-0.39, 0.29) is 94.8 Å². The van der Waals surface area contributed by atoms with E-state index in [4.69, 9.17) is 61.9 Å². The minimum absolute atomic E-state index is 0.0252. The van der Waals surface area contributed by atoms with Gasteiger partial charge in [0, 0.05) is 104 Å². The minimum atomic E-state index is -1.76. The molecule has 0 bridgehead atoms. The Kier molecular flexibility index (Phi) is 30.9. The number of nitrogens with zero attached hydrogens (tertiary/aromatic N) is 6. The van der Waals surface area contributed by atoms with Crippen LogP contribution in [-0.4, -0.2) is 128 Å². The molecule has 0 saturated carbocycles. The number of carbonyl (C=O) groups excluding carboxylic acids is 2. The second-order valence-corrected chi connectivity index (χ2v) is 34.6. The number of Topliss-reactive ketones (excluding diaryl/α,β-unsaturated/α-hetero) is 1. The van der Waals surface area contributed by atoms with Gasteiger partial charge in [-0.1, -0.05) is 146 Å². The van der Waals surface area contributed by atoms with E-state index in [1.807, 2.05) is 247 Å². The van der Waals surface area contributed by atoms with Gasteiger partial charge in [-0.15, -0.1) is 0 Å². The zero-order valence-corrected chi connectivity index (χ0v) is 75.1. The average Bonchev–Trinajstić information content (AvgIpc) is 1.34. The van der Waals surface area contributed by atoms with E-state index >= 15 is 0 Å². The molecule has 126 heavy (non-hydrogen) atoms. The molecule has 0 radical (unpaired) electrons. The Balaban J connectivity index is 0.000000216. The predicted octanol–water partition coefficient (Wildman–Crippen LogP) is 20.9. The van der Waals surface area contributed by atoms with Crippen molar-refractivity contribution < 1.29 is 64.9 Å². The number of ether oxygens (including phenoxy) is 6. The number of fused-ring (bicyclic) bond motifs is 8. The number of rotatable bonds is 40. The van der Waals surface area contributed by atoms with Crippen LogP contribution >= 0.6 is 17.1 Å². The van der Waals surface area contributed by atoms with Crippen LogP contribution in [0.4, 0.5) is 0 Å². The van der Waals surface area contributed by atoms with Crippen molar-refractivity contribution in [3.05, 3.63) is 320 Å². The fourth-order valence-corrected chi connectivity index (χ4v) is 19.8. The maximum atomic E-state index is 14.9. The summed E-state index contributed by atoms with van der Waals surface area (Å²) in [6.45, 7) is 26.7. The first-order valence-electron chi connectivity index (χ1n) is 42.2. The lowest BCUT2D eigenvalue weighted by molar-refractivity contribution is -0.139. The van der Waals surface area contributed by atoms with Crippen molar-refractivity contribution in [2.24, 2.45) is 5.92 Å². The van der Waals surface area contributed by atoms with Gasteiger partial charge in [-0.3, -0.25) is 9.59 Å². The van der Waals surface area contributed by atoms with Gasteiger partial charge in [0.2, 0.25) is 12.5 Å². The molecule has 10 aromatic carbocycles. The molecule has 0 aliphatic rings. The van der Waals surface area contributed by atoms with Gasteiger partial charge in [0.05, 0.1) is 78.3 Å². The van der Waals surface area contributed by atoms with Crippen molar-refractivity contribution in [3.8, 4) is 29.1 Å². The molecule has 2 unspecified atom stereocenters. The summed E-state index contributed by atoms with van der Waals surface area (Å²) in [5.74, 6) is 1.90. The summed E-state index contributed by atoms with van der Waals surface area (Å²) < 4.78 is 83.1. The van der Waals surface area contributed by atoms with E-state index in [0.717, 1.165) is 87.8 Å². The van der Waals surface area contributed by atoms with Gasteiger partial charge in [0.1, 0.15) is 64.6 Å². The first kappa shape index (κ1) is 91.8. The lowest BCUT2D eigenvalue weighted by Crippen LogP contribution is -2.51. The van der Waals surface area contributed by atoms with Crippen molar-refractivity contribution in [1.82, 2.24) is 23.8 Å². The van der Waals surface area contributed by atoms with E-state index < -0.39 is 57.8 Å². The van der Waals surface area contributed by atoms with Crippen molar-refractivity contribution >= 4 is 94.3 Å². The summed E-state index contributed by atoms with van der Waals surface area (Å²) in [6.07, 6.45) is -1.64. The number of nitriles is 1. The Morgan fingerprint density at radius 1 is 0.468 bits per heavy atom. The number of para-hydroxylation sites is 2. The first-order chi connectivity index (χ1) is 61.0. The van der Waals surface area contributed by atoms with Gasteiger partial charge in [-0.2, -0.15) is 5.26 Å². The highest BCUT2D eigenvalue weighted by Gasteiger charge is 2.45. The highest BCUT2D eigenvalue weighted by atomic mass is 31.2. The summed E-state index contributed by atoms with van der Waals surface area (Å²) in [5.41, 5.74) is 5.69. The van der Waals surface area contributed by atoms with Crippen LogP contribution in [0.15, 0.2) is 273 Å². The van der Waals surface area contributed by atoms with Crippen molar-refractivity contribution in [2.45, 2.75) is 136 Å². The molecule has 652 valence electrons. The average molecular weight is 1740 g/mol. The SMILES string of the molecule is COc1ccc(C(O[C@@H](NC(=O)Cn2c3ccccc3c3cc4ccc(=O)oc4cc32)[C@@H](C)OP(OCCC#N)N(C(C)C)C(C)C)(c2ccccc2)c2ccc(OC)cc2)cc1.[C-]#[N+]CCOP(OC[C@H](COC(c1ccccc1)(c1ccc(OC)cc1)c1ccc(OC)cc1)CC(=O)Cn1c2ccccc2c2cc3ccc(=O)oc3cc21)N(C(C)C)C(C)C. The summed E-state index contributed by atoms with van der Waals surface area (Å²) in [7, 11) is 3.15. The Morgan fingerprint density at radius 2 is 0.873 bits per heavy atom. The smallest absolute Gasteiger partial charge is 0.336 e. The van der Waals surface area contributed by atoms with Gasteiger partial charge in [-0.25, -0.2) is 25.5 Å². The number of amides is 1. The summed E-state index contributed by atoms with van der Waals surface area (Å²) in [5, 5.41) is 18.1. The van der Waals surface area contributed by atoms with Crippen LogP contribution in [0.25, 0.3) is 70.4 Å². The van der Waals surface area contributed by atoms with Crippen molar-refractivity contribution in [3.63, 3.8) is 0 Å². The fraction of sp³-hybridized carbons (Fsp3) is 0.307. The van der Waals surface area contributed by atoms with Crippen LogP contribution in [0.3, 0.4) is 0 Å². The third kappa shape index (κ3) is 20.8. The first-order valence-corrected chi connectivity index (χ1v) is 44.4. The Hall–Kier alpha value is -11.9. The number of ketones is 1. The molecule has 1 amide bonds. The number of carbonyl (C=O) groups is 2. The number of benzene rings is 10. The molecule has 0 aliphatic heterocycles. The zero-order chi connectivity index (χ0) is 89.2. The van der Waals surface area contributed by atoms with Crippen molar-refractivity contribution in [2.75, 3.05) is 61.4 Å². The molecule has 25 heteroatoms. The molecule has 1 N–H and O–H groups in total. The van der Waals surface area contributed by atoms with Gasteiger partial charge in [0.15, 0.2) is 12.0 Å². The summed E-state index contributed by atoms with van der Waals surface area (Å²) in [4.78, 5) is 57.7. The molecule has 4 aromatic heterocycles. The van der Waals surface area contributed by atoms with Crippen LogP contribution < -0.4 is 35.5 Å². The third-order valence-corrected chi connectivity index (χ3v) is 26.4. The fourth-order valence-electron chi connectivity index (χ4n) is 16.4. The maximum Gasteiger partial charge on any atom is 0.336 e. The molecule has 14 aromatic rings. The Labute approximate surface area is 736 Å². The molecule has 0 saturated heterocycles. The van der Waals surface area contributed by atoms with Crippen LogP contribution in [0.2, 0.25) is 0 Å². The number of methoxy groups -OCH3 is 4. The van der Waals surface area contributed by atoms with E-state index in [1.54, 1.807) is 40.6 Å². The largest absolute Gasteiger partial charge is 0.497 e. The molecule has 5 atom stereocenters. The topological polar surface area (TPSA) is 243 Å². The third-order valence-electron chi connectivity index (χ3n) is 22.1. The van der Waals surface area contributed by atoms with E-state index in [2.05, 4.69) is 81.0 Å². The van der Waals surface area contributed by atoms with Gasteiger partial charge < -0.3 is 74.6 Å². The normalized spacial score (nSPS) is 13.2. The second-order valence-electron chi connectivity index (χ2n) is 31.7. The molecule has 14 rings (SSSR count). The molecule has 0 spiro atoms. The maximum absolute atomic E-state index is 14.9. The van der Waals surface area contributed by atoms with Gasteiger partial charge in [-0.05, 0) is 181 Å². The van der Waals surface area contributed by atoms with E-state index in [9.17, 15) is 24.4 Å². The molecule has 0 aliphatic carbocycles. The van der Waals surface area contributed by atoms with Crippen LogP contribution in [0, 0.1) is 23.8 Å². The number of hydrogen-bond acceptors (Lipinski definition) is 19. The number of nitrogens with one attached hydrogen (secondary N) is 1. The zero-order valence-electron chi connectivity index (χ0n) is 73.3. The van der Waals surface area contributed by atoms with Crippen LogP contribution in [0.1, 0.15) is 109 Å². The van der Waals surface area contributed by atoms with Crippen molar-refractivity contribution in [1.29, 1.82) is 5.26 Å². The highest BCUT2D eigenvalue weighted by molar-refractivity contribution is 7.44. The molecular formula is C101H107N7O16P2. The second kappa shape index (κ2) is 42.4. The monoisotopic (exact) mass is 1740 g/mol. The number of aromatic nitrogens is 2. The van der Waals surface area contributed by atoms with Crippen LogP contribution in [-0.2, 0) is 61.4 Å². The van der Waals surface area contributed by atoms with Crippen LogP contribution in [0.5, 0.6) is 23.0 Å². The molecule has 4 heterocycles. The quantitative estimate of drug-likeness (QED) is 0.00937. The summed E-state index contributed by atoms with van der Waals surface area (Å²) >= 11 is 0. The minimum Gasteiger partial charge on any atom is -0.497 e. The van der Waals surface area contributed by atoms with Gasteiger partial charge >= 0.3 is 11.3 Å². The van der Waals surface area contributed by atoms with Gasteiger partial charge in [0.25, 0.3) is 17.1 Å². The van der Waals surface area contributed by atoms with E-state index in [0.29, 0.717) is 34.2 Å². The number of hydrogen-bond donors (Lipinski definition) is 1. The Bertz CT molecular complexity index is 6120. The lowest BCUT2D eigenvalue weighted by Gasteiger charge is -2.42. The van der Waals surface area contributed by atoms with E-state index in [1.165, 1.54) is 12.1 Å².